The van der Waals surface area contributed by atoms with Crippen LogP contribution in [0.3, 0.4) is 0 Å². The average molecular weight is 284 g/mol. The fourth-order valence-corrected chi connectivity index (χ4v) is 2.55. The van der Waals surface area contributed by atoms with Crippen LogP contribution in [0.15, 0.2) is 0 Å². The van der Waals surface area contributed by atoms with Crippen molar-refractivity contribution < 1.29 is 19.5 Å². The molecule has 0 aromatic carbocycles. The highest BCUT2D eigenvalue weighted by atomic mass is 16.4. The first-order valence-electron chi connectivity index (χ1n) is 7.24. The summed E-state index contributed by atoms with van der Waals surface area (Å²) in [5.74, 6) is -0.804. The van der Waals surface area contributed by atoms with Crippen molar-refractivity contribution in [3.8, 4) is 0 Å². The van der Waals surface area contributed by atoms with Crippen LogP contribution in [0.4, 0.5) is 4.79 Å². The second-order valence-corrected chi connectivity index (χ2v) is 5.60. The Labute approximate surface area is 119 Å². The number of carbonyl (C=O) groups excluding carboxylic acids is 2. The van der Waals surface area contributed by atoms with Gasteiger partial charge in [0.1, 0.15) is 0 Å². The first-order valence-corrected chi connectivity index (χ1v) is 7.24. The quantitative estimate of drug-likeness (QED) is 0.730. The van der Waals surface area contributed by atoms with Crippen LogP contribution in [-0.2, 0) is 9.59 Å². The van der Waals surface area contributed by atoms with Crippen molar-refractivity contribution in [2.75, 3.05) is 6.54 Å². The maximum atomic E-state index is 12.0. The molecule has 1 saturated heterocycles. The third-order valence-corrected chi connectivity index (χ3v) is 3.62. The van der Waals surface area contributed by atoms with Crippen molar-refractivity contribution in [2.45, 2.75) is 58.4 Å². The van der Waals surface area contributed by atoms with Crippen molar-refractivity contribution in [2.24, 2.45) is 5.92 Å². The highest BCUT2D eigenvalue weighted by Crippen LogP contribution is 2.23. The number of aliphatic carboxylic acids is 1. The maximum absolute atomic E-state index is 12.0. The minimum Gasteiger partial charge on any atom is -0.481 e. The Morgan fingerprint density at radius 2 is 1.90 bits per heavy atom. The van der Waals surface area contributed by atoms with Crippen molar-refractivity contribution in [3.05, 3.63) is 0 Å². The normalized spacial score (nSPS) is 18.4. The van der Waals surface area contributed by atoms with Gasteiger partial charge < -0.3 is 10.0 Å². The molecule has 0 radical (unpaired) electrons. The van der Waals surface area contributed by atoms with E-state index in [1.54, 1.807) is 4.90 Å². The van der Waals surface area contributed by atoms with Gasteiger partial charge in [0.15, 0.2) is 0 Å². The molecule has 0 spiro atoms. The summed E-state index contributed by atoms with van der Waals surface area (Å²) in [6.45, 7) is 4.84. The van der Waals surface area contributed by atoms with Crippen LogP contribution in [0.1, 0.15) is 52.4 Å². The van der Waals surface area contributed by atoms with Crippen LogP contribution in [0.25, 0.3) is 0 Å². The minimum atomic E-state index is -0.863. The van der Waals surface area contributed by atoms with Gasteiger partial charge in [0.25, 0.3) is 0 Å². The number of nitrogens with zero attached hydrogens (tertiary/aromatic N) is 1. The standard InChI is InChI=1S/C14H24N2O4/c1-10(2)11-6-5-9-16(11)14(20)15-12(17)7-3-4-8-13(18)19/h10-11H,3-9H2,1-2H3,(H,18,19)(H,15,17,20). The number of unbranched alkanes of at least 4 members (excludes halogenated alkanes) is 1. The van der Waals surface area contributed by atoms with Gasteiger partial charge in [-0.2, -0.15) is 0 Å². The van der Waals surface area contributed by atoms with Crippen molar-refractivity contribution in [3.63, 3.8) is 0 Å². The first kappa shape index (κ1) is 16.5. The number of urea groups is 1. The monoisotopic (exact) mass is 284 g/mol. The molecule has 20 heavy (non-hydrogen) atoms. The summed E-state index contributed by atoms with van der Waals surface area (Å²) in [7, 11) is 0. The van der Waals surface area contributed by atoms with E-state index >= 15 is 0 Å². The smallest absolute Gasteiger partial charge is 0.324 e. The molecule has 0 aliphatic carbocycles. The Morgan fingerprint density at radius 3 is 2.50 bits per heavy atom. The molecule has 114 valence electrons. The second-order valence-electron chi connectivity index (χ2n) is 5.60. The van der Waals surface area contributed by atoms with Gasteiger partial charge in [-0.15, -0.1) is 0 Å². The summed E-state index contributed by atoms with van der Waals surface area (Å²) in [6.07, 6.45) is 3.15. The Balaban J connectivity index is 2.30. The van der Waals surface area contributed by atoms with Gasteiger partial charge in [0.05, 0.1) is 0 Å². The third-order valence-electron chi connectivity index (χ3n) is 3.62. The fraction of sp³-hybridized carbons (Fsp3) is 0.786. The third kappa shape index (κ3) is 5.19. The highest BCUT2D eigenvalue weighted by Gasteiger charge is 2.31. The van der Waals surface area contributed by atoms with Crippen molar-refractivity contribution in [1.29, 1.82) is 0 Å². The van der Waals surface area contributed by atoms with E-state index in [4.69, 9.17) is 5.11 Å². The van der Waals surface area contributed by atoms with E-state index in [2.05, 4.69) is 19.2 Å². The average Bonchev–Trinajstić information content (AvgIpc) is 2.83. The number of imide groups is 1. The van der Waals surface area contributed by atoms with Crippen LogP contribution < -0.4 is 5.32 Å². The van der Waals surface area contributed by atoms with E-state index in [1.165, 1.54) is 0 Å². The number of rotatable bonds is 6. The molecule has 1 unspecified atom stereocenters. The number of carboxylic acids is 1. The van der Waals surface area contributed by atoms with Gasteiger partial charge in [0.2, 0.25) is 5.91 Å². The lowest BCUT2D eigenvalue weighted by Gasteiger charge is -2.27. The summed E-state index contributed by atoms with van der Waals surface area (Å²) in [4.78, 5) is 35.7. The Hall–Kier alpha value is -1.59. The lowest BCUT2D eigenvalue weighted by molar-refractivity contribution is -0.137. The minimum absolute atomic E-state index is 0.0583. The van der Waals surface area contributed by atoms with Crippen molar-refractivity contribution in [1.82, 2.24) is 10.2 Å². The van der Waals surface area contributed by atoms with E-state index in [-0.39, 0.29) is 30.8 Å². The van der Waals surface area contributed by atoms with Gasteiger partial charge in [-0.1, -0.05) is 13.8 Å². The van der Waals surface area contributed by atoms with Crippen LogP contribution in [0.5, 0.6) is 0 Å². The number of carboxylic acid groups (broad SMARTS) is 1. The summed E-state index contributed by atoms with van der Waals surface area (Å²) < 4.78 is 0. The molecule has 1 heterocycles. The predicted molar refractivity (Wildman–Crippen MR) is 74.2 cm³/mol. The number of hydrogen-bond acceptors (Lipinski definition) is 3. The number of hydrogen-bond donors (Lipinski definition) is 2. The zero-order valence-electron chi connectivity index (χ0n) is 12.2. The van der Waals surface area contributed by atoms with Crippen LogP contribution in [-0.4, -0.2) is 40.5 Å². The van der Waals surface area contributed by atoms with Crippen molar-refractivity contribution >= 4 is 17.9 Å². The lowest BCUT2D eigenvalue weighted by atomic mass is 10.0. The van der Waals surface area contributed by atoms with Gasteiger partial charge in [-0.05, 0) is 31.6 Å². The van der Waals surface area contributed by atoms with Gasteiger partial charge in [0, 0.05) is 25.4 Å². The topological polar surface area (TPSA) is 86.7 Å². The summed E-state index contributed by atoms with van der Waals surface area (Å²) >= 11 is 0. The molecule has 0 bridgehead atoms. The molecule has 2 N–H and O–H groups in total. The van der Waals surface area contributed by atoms with Crippen LogP contribution in [0.2, 0.25) is 0 Å². The van der Waals surface area contributed by atoms with E-state index in [9.17, 15) is 14.4 Å². The Morgan fingerprint density at radius 1 is 1.25 bits per heavy atom. The summed E-state index contributed by atoms with van der Waals surface area (Å²) in [5.41, 5.74) is 0. The highest BCUT2D eigenvalue weighted by molar-refractivity contribution is 5.94. The fourth-order valence-electron chi connectivity index (χ4n) is 2.55. The van der Waals surface area contributed by atoms with E-state index in [1.807, 2.05) is 0 Å². The molecule has 1 aliphatic rings. The van der Waals surface area contributed by atoms with E-state index in [0.717, 1.165) is 12.8 Å². The molecule has 1 rings (SSSR count). The largest absolute Gasteiger partial charge is 0.481 e. The van der Waals surface area contributed by atoms with E-state index < -0.39 is 5.97 Å². The second kappa shape index (κ2) is 7.87. The maximum Gasteiger partial charge on any atom is 0.324 e. The van der Waals surface area contributed by atoms with Gasteiger partial charge in [-0.25, -0.2) is 4.79 Å². The Kier molecular flexibility index (Phi) is 6.48. The molecule has 6 nitrogen and oxygen atoms in total. The zero-order valence-corrected chi connectivity index (χ0v) is 12.2. The van der Waals surface area contributed by atoms with Gasteiger partial charge >= 0.3 is 12.0 Å². The molecule has 3 amide bonds. The molecular weight excluding hydrogens is 260 g/mol. The molecule has 0 aromatic heterocycles. The number of nitrogens with one attached hydrogen (secondary N) is 1. The number of amides is 3. The molecule has 0 saturated carbocycles. The van der Waals surface area contributed by atoms with Gasteiger partial charge in [-0.3, -0.25) is 14.9 Å². The first-order chi connectivity index (χ1) is 9.41. The lowest BCUT2D eigenvalue weighted by Crippen LogP contribution is -2.46. The van der Waals surface area contributed by atoms with E-state index in [0.29, 0.717) is 25.3 Å². The Bertz CT molecular complexity index is 368. The molecular formula is C14H24N2O4. The molecule has 0 aromatic rings. The molecule has 1 aliphatic heterocycles. The molecule has 6 heteroatoms. The molecule has 1 fully saturated rings. The summed E-state index contributed by atoms with van der Waals surface area (Å²) in [6, 6.07) is -0.112. The predicted octanol–water partition coefficient (Wildman–Crippen LogP) is 1.99. The summed E-state index contributed by atoms with van der Waals surface area (Å²) in [5, 5.41) is 10.9. The number of likely N-dealkylation sites (tertiary alicyclic amines) is 1. The SMILES string of the molecule is CC(C)C1CCCN1C(=O)NC(=O)CCCCC(=O)O. The zero-order chi connectivity index (χ0) is 15.1. The van der Waals surface area contributed by atoms with Crippen LogP contribution in [0, 0.1) is 5.92 Å². The number of carbonyl (C=O) groups is 3. The molecule has 1 atom stereocenters. The van der Waals surface area contributed by atoms with Crippen LogP contribution >= 0.6 is 0 Å².